The highest BCUT2D eigenvalue weighted by Gasteiger charge is 2.37. The molecule has 144 valence electrons. The molecule has 2 aromatic rings. The predicted octanol–water partition coefficient (Wildman–Crippen LogP) is 3.11. The van der Waals surface area contributed by atoms with Gasteiger partial charge in [-0.15, -0.1) is 0 Å². The Morgan fingerprint density at radius 1 is 1.04 bits per heavy atom. The maximum absolute atomic E-state index is 10.2. The average Bonchev–Trinajstić information content (AvgIpc) is 3.13. The Morgan fingerprint density at radius 3 is 2.59 bits per heavy atom. The fraction of sp³-hybridized carbons (Fsp3) is 0.455. The van der Waals surface area contributed by atoms with E-state index in [1.807, 2.05) is 38.1 Å². The molecule has 0 amide bonds. The first-order valence-corrected chi connectivity index (χ1v) is 9.51. The van der Waals surface area contributed by atoms with Crippen molar-refractivity contribution in [3.8, 4) is 17.2 Å². The number of fused-ring (bicyclic) bond motifs is 2. The van der Waals surface area contributed by atoms with Crippen LogP contribution in [0.2, 0.25) is 0 Å². The molecule has 3 atom stereocenters. The van der Waals surface area contributed by atoms with Crippen molar-refractivity contribution in [3.05, 3.63) is 53.1 Å². The topological polar surface area (TPSA) is 68.2 Å². The van der Waals surface area contributed by atoms with Gasteiger partial charge < -0.3 is 24.4 Å². The molecule has 2 aliphatic rings. The molecule has 0 radical (unpaired) electrons. The highest BCUT2D eigenvalue weighted by atomic mass is 16.7. The average molecular weight is 370 g/mol. The van der Waals surface area contributed by atoms with E-state index >= 15 is 0 Å². The van der Waals surface area contributed by atoms with Crippen molar-refractivity contribution in [1.29, 1.82) is 0 Å². The Morgan fingerprint density at radius 2 is 1.85 bits per heavy atom. The summed E-state index contributed by atoms with van der Waals surface area (Å²) in [7, 11) is 0. The molecule has 1 aliphatic heterocycles. The number of hydrogen-bond donors (Lipinski definition) is 2. The van der Waals surface area contributed by atoms with Crippen LogP contribution in [0, 0.1) is 11.8 Å². The third kappa shape index (κ3) is 3.37. The first kappa shape index (κ1) is 18.1. The second-order valence-electron chi connectivity index (χ2n) is 7.61. The van der Waals surface area contributed by atoms with Gasteiger partial charge in [-0.2, -0.15) is 0 Å². The fourth-order valence-electron chi connectivity index (χ4n) is 4.32. The van der Waals surface area contributed by atoms with E-state index in [0.29, 0.717) is 0 Å². The van der Waals surface area contributed by atoms with Gasteiger partial charge in [0.25, 0.3) is 0 Å². The molecular weight excluding hydrogens is 344 g/mol. The molecule has 4 rings (SSSR count). The minimum Gasteiger partial charge on any atom is -0.491 e. The van der Waals surface area contributed by atoms with Gasteiger partial charge in [0, 0.05) is 19.1 Å². The third-order valence-corrected chi connectivity index (χ3v) is 5.54. The van der Waals surface area contributed by atoms with Crippen LogP contribution in [0.3, 0.4) is 0 Å². The van der Waals surface area contributed by atoms with E-state index in [1.54, 1.807) is 0 Å². The molecule has 0 aromatic heterocycles. The number of rotatable bonds is 5. The summed E-state index contributed by atoms with van der Waals surface area (Å²) < 4.78 is 16.9. The second kappa shape index (κ2) is 7.41. The van der Waals surface area contributed by atoms with Gasteiger partial charge in [0.05, 0.1) is 6.10 Å². The Balaban J connectivity index is 1.81. The molecular formula is C22H26O5. The molecule has 0 saturated heterocycles. The molecule has 1 heterocycles. The predicted molar refractivity (Wildman–Crippen MR) is 101 cm³/mol. The maximum atomic E-state index is 10.2. The lowest BCUT2D eigenvalue weighted by Crippen LogP contribution is -2.35. The Bertz CT molecular complexity index is 816. The Kier molecular flexibility index (Phi) is 4.98. The van der Waals surface area contributed by atoms with Gasteiger partial charge in [0.2, 0.25) is 6.79 Å². The van der Waals surface area contributed by atoms with E-state index in [-0.39, 0.29) is 43.9 Å². The lowest BCUT2D eigenvalue weighted by atomic mass is 9.67. The molecule has 2 aromatic carbocycles. The monoisotopic (exact) mass is 370 g/mol. The molecule has 2 N–H and O–H groups in total. The van der Waals surface area contributed by atoms with Crippen molar-refractivity contribution in [2.24, 2.45) is 11.8 Å². The number of aliphatic hydroxyl groups is 2. The van der Waals surface area contributed by atoms with Crippen molar-refractivity contribution in [1.82, 2.24) is 0 Å². The molecule has 0 bridgehead atoms. The van der Waals surface area contributed by atoms with Gasteiger partial charge >= 0.3 is 0 Å². The van der Waals surface area contributed by atoms with E-state index in [2.05, 4.69) is 12.1 Å². The quantitative estimate of drug-likeness (QED) is 0.846. The van der Waals surface area contributed by atoms with E-state index < -0.39 is 0 Å². The van der Waals surface area contributed by atoms with Crippen molar-refractivity contribution in [3.63, 3.8) is 0 Å². The number of ether oxygens (including phenoxy) is 3. The highest BCUT2D eigenvalue weighted by Crippen LogP contribution is 2.46. The molecule has 27 heavy (non-hydrogen) atoms. The minimum atomic E-state index is -0.0721. The van der Waals surface area contributed by atoms with Crippen LogP contribution < -0.4 is 14.2 Å². The highest BCUT2D eigenvalue weighted by molar-refractivity contribution is 5.51. The van der Waals surface area contributed by atoms with Gasteiger partial charge in [-0.1, -0.05) is 12.1 Å². The van der Waals surface area contributed by atoms with Crippen LogP contribution in [0.4, 0.5) is 0 Å². The zero-order valence-corrected chi connectivity index (χ0v) is 15.7. The molecule has 0 fully saturated rings. The first-order chi connectivity index (χ1) is 13.1. The van der Waals surface area contributed by atoms with E-state index in [9.17, 15) is 10.2 Å². The normalized spacial score (nSPS) is 23.4. The minimum absolute atomic E-state index is 0.00906. The smallest absolute Gasteiger partial charge is 0.231 e. The van der Waals surface area contributed by atoms with Crippen molar-refractivity contribution >= 4 is 0 Å². The number of hydrogen-bond acceptors (Lipinski definition) is 5. The van der Waals surface area contributed by atoms with Crippen LogP contribution in [0.5, 0.6) is 17.2 Å². The maximum Gasteiger partial charge on any atom is 0.231 e. The largest absolute Gasteiger partial charge is 0.491 e. The molecule has 0 spiro atoms. The van der Waals surface area contributed by atoms with E-state index in [0.717, 1.165) is 34.8 Å². The van der Waals surface area contributed by atoms with Crippen molar-refractivity contribution in [2.75, 3.05) is 20.0 Å². The lowest BCUT2D eigenvalue weighted by Gasteiger charge is -2.38. The Labute approximate surface area is 159 Å². The molecule has 1 aliphatic carbocycles. The summed E-state index contributed by atoms with van der Waals surface area (Å²) in [5.41, 5.74) is 3.40. The summed E-state index contributed by atoms with van der Waals surface area (Å²) in [5.74, 6) is 2.19. The van der Waals surface area contributed by atoms with E-state index in [1.165, 1.54) is 5.56 Å². The van der Waals surface area contributed by atoms with Gasteiger partial charge in [0.15, 0.2) is 11.5 Å². The first-order valence-electron chi connectivity index (χ1n) is 9.51. The van der Waals surface area contributed by atoms with Crippen LogP contribution in [0.25, 0.3) is 0 Å². The zero-order chi connectivity index (χ0) is 19.0. The molecule has 0 saturated carbocycles. The SMILES string of the molecule is CC(C)Oc1ccc2c(c1)C(c1ccc3c(c1)OCO3)[C@H](CO)[C@@H](CO)C2. The van der Waals surface area contributed by atoms with Crippen LogP contribution in [-0.4, -0.2) is 36.3 Å². The summed E-state index contributed by atoms with van der Waals surface area (Å²) in [4.78, 5) is 0. The van der Waals surface area contributed by atoms with Crippen molar-refractivity contribution < 1.29 is 24.4 Å². The summed E-state index contributed by atoms with van der Waals surface area (Å²) in [6.07, 6.45) is 0.842. The summed E-state index contributed by atoms with van der Waals surface area (Å²) in [6, 6.07) is 12.1. The van der Waals surface area contributed by atoms with Crippen LogP contribution in [0.1, 0.15) is 36.5 Å². The standard InChI is InChI=1S/C22H26O5/c1-13(2)27-17-5-3-14-7-16(10-23)19(11-24)22(18(14)9-17)15-4-6-20-21(8-15)26-12-25-20/h3-6,8-9,13,16,19,22-24H,7,10-12H2,1-2H3/t16-,19-,22?/m1/s1. The third-order valence-electron chi connectivity index (χ3n) is 5.54. The Hall–Kier alpha value is -2.24. The molecule has 1 unspecified atom stereocenters. The van der Waals surface area contributed by atoms with Gasteiger partial charge in [0.1, 0.15) is 5.75 Å². The molecule has 5 nitrogen and oxygen atoms in total. The fourth-order valence-corrected chi connectivity index (χ4v) is 4.32. The zero-order valence-electron chi connectivity index (χ0n) is 15.7. The van der Waals surface area contributed by atoms with Crippen LogP contribution in [0.15, 0.2) is 36.4 Å². The molecule has 5 heteroatoms. The van der Waals surface area contributed by atoms with Gasteiger partial charge in [-0.3, -0.25) is 0 Å². The van der Waals surface area contributed by atoms with Crippen LogP contribution in [-0.2, 0) is 6.42 Å². The van der Waals surface area contributed by atoms with Crippen molar-refractivity contribution in [2.45, 2.75) is 32.3 Å². The summed E-state index contributed by atoms with van der Waals surface area (Å²) in [5, 5.41) is 20.1. The second-order valence-corrected chi connectivity index (χ2v) is 7.61. The lowest BCUT2D eigenvalue weighted by molar-refractivity contribution is 0.101. The van der Waals surface area contributed by atoms with Gasteiger partial charge in [-0.25, -0.2) is 0 Å². The van der Waals surface area contributed by atoms with Gasteiger partial charge in [-0.05, 0) is 73.1 Å². The summed E-state index contributed by atoms with van der Waals surface area (Å²) >= 11 is 0. The van der Waals surface area contributed by atoms with E-state index in [4.69, 9.17) is 14.2 Å². The number of aliphatic hydroxyl groups excluding tert-OH is 2. The van der Waals surface area contributed by atoms with Crippen LogP contribution >= 0.6 is 0 Å². The number of benzene rings is 2. The summed E-state index contributed by atoms with van der Waals surface area (Å²) in [6.45, 7) is 4.31.